The van der Waals surface area contributed by atoms with E-state index in [4.69, 9.17) is 10.1 Å². The Morgan fingerprint density at radius 1 is 1.14 bits per heavy atom. The van der Waals surface area contributed by atoms with Crippen LogP contribution in [0.3, 0.4) is 0 Å². The van der Waals surface area contributed by atoms with Gasteiger partial charge in [0.05, 0.1) is 11.3 Å². The molecule has 4 aromatic rings. The van der Waals surface area contributed by atoms with Crippen LogP contribution in [-0.2, 0) is 31.4 Å². The molecule has 11 heteroatoms. The zero-order valence-electron chi connectivity index (χ0n) is 22.4. The van der Waals surface area contributed by atoms with Gasteiger partial charge in [0, 0.05) is 56.8 Å². The van der Waals surface area contributed by atoms with Crippen molar-refractivity contribution in [1.29, 1.82) is 0 Å². The number of carbonyl (C=O) groups is 1. The number of amides is 1. The van der Waals surface area contributed by atoms with E-state index in [0.717, 1.165) is 23.5 Å². The molecule has 4 aromatic heterocycles. The summed E-state index contributed by atoms with van der Waals surface area (Å²) >= 11 is 0. The molecule has 5 rings (SSSR count). The first-order valence-electron chi connectivity index (χ1n) is 12.9. The van der Waals surface area contributed by atoms with Crippen LogP contribution in [0.1, 0.15) is 62.8 Å². The Morgan fingerprint density at radius 3 is 2.57 bits per heavy atom. The molecule has 0 saturated heterocycles. The van der Waals surface area contributed by atoms with Gasteiger partial charge >= 0.3 is 0 Å². The maximum absolute atomic E-state index is 13.7. The van der Waals surface area contributed by atoms with Crippen LogP contribution in [0, 0.1) is 6.92 Å². The third-order valence-corrected chi connectivity index (χ3v) is 7.04. The van der Waals surface area contributed by atoms with Gasteiger partial charge in [-0.15, -0.1) is 0 Å². The number of carbonyl (C=O) groups excluding carboxylic acids is 1. The highest BCUT2D eigenvalue weighted by Gasteiger charge is 2.31. The lowest BCUT2D eigenvalue weighted by Crippen LogP contribution is -2.45. The SMILES string of the molecule is CC[C@H](Nc1ncnc2c1nc(-c1cnc(C)nc1)n2CC)C(=O)N1CCc2c(c(C(C)C)nn2C)C1. The van der Waals surface area contributed by atoms with E-state index < -0.39 is 6.04 Å². The van der Waals surface area contributed by atoms with Crippen LogP contribution in [0.4, 0.5) is 5.82 Å². The number of nitrogens with one attached hydrogen (secondary N) is 1. The highest BCUT2D eigenvalue weighted by Crippen LogP contribution is 2.29. The van der Waals surface area contributed by atoms with Gasteiger partial charge < -0.3 is 14.8 Å². The number of imidazole rings is 1. The fraction of sp³-hybridized carbons (Fsp3) is 0.500. The molecule has 194 valence electrons. The molecule has 0 fully saturated rings. The standard InChI is InChI=1S/C26H34N10O/c1-7-19(26(37)35-10-9-20-18(13-35)21(15(3)4)33-34(20)6)31-23-22-25(30-14-29-23)36(8-2)24(32-22)17-11-27-16(5)28-12-17/h11-12,14-15,19H,7-10,13H2,1-6H3,(H,29,30,31)/t19-/m0/s1. The van der Waals surface area contributed by atoms with E-state index in [-0.39, 0.29) is 5.91 Å². The molecule has 0 radical (unpaired) electrons. The average Bonchev–Trinajstić information content (AvgIpc) is 3.45. The molecule has 0 spiro atoms. The van der Waals surface area contributed by atoms with Gasteiger partial charge in [-0.05, 0) is 26.2 Å². The highest BCUT2D eigenvalue weighted by molar-refractivity contribution is 5.90. The number of nitrogens with zero attached hydrogens (tertiary/aromatic N) is 9. The van der Waals surface area contributed by atoms with Gasteiger partial charge in [0.1, 0.15) is 24.0 Å². The molecule has 1 N–H and O–H groups in total. The van der Waals surface area contributed by atoms with Crippen LogP contribution in [-0.4, -0.2) is 62.7 Å². The Morgan fingerprint density at radius 2 is 1.89 bits per heavy atom. The van der Waals surface area contributed by atoms with Crippen LogP contribution < -0.4 is 5.32 Å². The van der Waals surface area contributed by atoms with Crippen molar-refractivity contribution in [2.75, 3.05) is 11.9 Å². The predicted molar refractivity (Wildman–Crippen MR) is 141 cm³/mol. The molecule has 1 atom stereocenters. The number of aromatic nitrogens is 8. The van der Waals surface area contributed by atoms with Crippen LogP contribution in [0.25, 0.3) is 22.6 Å². The molecular weight excluding hydrogens is 468 g/mol. The topological polar surface area (TPSA) is 120 Å². The third kappa shape index (κ3) is 4.42. The monoisotopic (exact) mass is 502 g/mol. The highest BCUT2D eigenvalue weighted by atomic mass is 16.2. The first-order chi connectivity index (χ1) is 17.8. The number of fused-ring (bicyclic) bond motifs is 2. The predicted octanol–water partition coefficient (Wildman–Crippen LogP) is 3.24. The molecule has 0 aliphatic carbocycles. The van der Waals surface area contributed by atoms with Gasteiger partial charge in [-0.2, -0.15) is 5.10 Å². The lowest BCUT2D eigenvalue weighted by molar-refractivity contribution is -0.133. The van der Waals surface area contributed by atoms with Crippen LogP contribution in [0.15, 0.2) is 18.7 Å². The number of hydrogen-bond acceptors (Lipinski definition) is 8. The second kappa shape index (κ2) is 9.87. The quantitative estimate of drug-likeness (QED) is 0.409. The zero-order valence-corrected chi connectivity index (χ0v) is 22.4. The summed E-state index contributed by atoms with van der Waals surface area (Å²) in [5, 5.41) is 8.12. The Labute approximate surface area is 216 Å². The lowest BCUT2D eigenvalue weighted by Gasteiger charge is -2.31. The lowest BCUT2D eigenvalue weighted by atomic mass is 9.98. The van der Waals surface area contributed by atoms with Crippen molar-refractivity contribution >= 4 is 22.9 Å². The molecule has 1 aliphatic heterocycles. The summed E-state index contributed by atoms with van der Waals surface area (Å²) in [5.41, 5.74) is 5.62. The third-order valence-electron chi connectivity index (χ3n) is 7.04. The van der Waals surface area contributed by atoms with Gasteiger partial charge in [-0.3, -0.25) is 9.48 Å². The average molecular weight is 503 g/mol. The fourth-order valence-corrected chi connectivity index (χ4v) is 5.07. The van der Waals surface area contributed by atoms with E-state index >= 15 is 0 Å². The molecular formula is C26H34N10O. The van der Waals surface area contributed by atoms with Gasteiger partial charge in [0.2, 0.25) is 5.91 Å². The molecule has 37 heavy (non-hydrogen) atoms. The van der Waals surface area contributed by atoms with Gasteiger partial charge in [0.15, 0.2) is 17.0 Å². The zero-order chi connectivity index (χ0) is 26.3. The number of hydrogen-bond donors (Lipinski definition) is 1. The summed E-state index contributed by atoms with van der Waals surface area (Å²) < 4.78 is 3.99. The Kier molecular flexibility index (Phi) is 6.61. The molecule has 0 unspecified atom stereocenters. The van der Waals surface area contributed by atoms with Crippen molar-refractivity contribution in [3.8, 4) is 11.4 Å². The van der Waals surface area contributed by atoms with Crippen molar-refractivity contribution in [2.24, 2.45) is 7.05 Å². The summed E-state index contributed by atoms with van der Waals surface area (Å²) in [6, 6.07) is -0.434. The smallest absolute Gasteiger partial charge is 0.245 e. The van der Waals surface area contributed by atoms with E-state index in [1.807, 2.05) is 42.0 Å². The maximum Gasteiger partial charge on any atom is 0.245 e. The molecule has 1 amide bonds. The summed E-state index contributed by atoms with van der Waals surface area (Å²) in [6.07, 6.45) is 6.47. The first kappa shape index (κ1) is 24.8. The van der Waals surface area contributed by atoms with E-state index in [2.05, 4.69) is 39.1 Å². The summed E-state index contributed by atoms with van der Waals surface area (Å²) in [4.78, 5) is 38.1. The second-order valence-electron chi connectivity index (χ2n) is 9.80. The molecule has 0 bridgehead atoms. The first-order valence-corrected chi connectivity index (χ1v) is 12.9. The van der Waals surface area contributed by atoms with E-state index in [1.54, 1.807) is 12.4 Å². The summed E-state index contributed by atoms with van der Waals surface area (Å²) in [6.45, 7) is 12.1. The maximum atomic E-state index is 13.7. The second-order valence-corrected chi connectivity index (χ2v) is 9.80. The molecule has 0 saturated carbocycles. The summed E-state index contributed by atoms with van der Waals surface area (Å²) in [5.74, 6) is 2.34. The number of anilines is 1. The van der Waals surface area contributed by atoms with Crippen molar-refractivity contribution in [3.05, 3.63) is 41.5 Å². The fourth-order valence-electron chi connectivity index (χ4n) is 5.07. The minimum atomic E-state index is -0.434. The van der Waals surface area contributed by atoms with Crippen molar-refractivity contribution in [3.63, 3.8) is 0 Å². The van der Waals surface area contributed by atoms with Gasteiger partial charge in [-0.25, -0.2) is 24.9 Å². The van der Waals surface area contributed by atoms with Crippen molar-refractivity contribution in [2.45, 2.75) is 72.5 Å². The minimum absolute atomic E-state index is 0.0561. The number of rotatable bonds is 7. The van der Waals surface area contributed by atoms with Gasteiger partial charge in [-0.1, -0.05) is 20.8 Å². The molecule has 5 heterocycles. The van der Waals surface area contributed by atoms with Crippen LogP contribution in [0.2, 0.25) is 0 Å². The Bertz CT molecular complexity index is 1440. The molecule has 11 nitrogen and oxygen atoms in total. The minimum Gasteiger partial charge on any atom is -0.356 e. The largest absolute Gasteiger partial charge is 0.356 e. The van der Waals surface area contributed by atoms with E-state index in [0.29, 0.717) is 54.8 Å². The normalized spacial score (nSPS) is 14.3. The molecule has 0 aromatic carbocycles. The van der Waals surface area contributed by atoms with Gasteiger partial charge in [0.25, 0.3) is 0 Å². The Balaban J connectivity index is 1.44. The van der Waals surface area contributed by atoms with Crippen molar-refractivity contribution in [1.82, 2.24) is 44.2 Å². The molecule has 1 aliphatic rings. The number of aryl methyl sites for hydroxylation is 3. The van der Waals surface area contributed by atoms with Crippen LogP contribution in [0.5, 0.6) is 0 Å². The Hall–Kier alpha value is -3.89. The van der Waals surface area contributed by atoms with E-state index in [1.165, 1.54) is 17.6 Å². The van der Waals surface area contributed by atoms with Crippen molar-refractivity contribution < 1.29 is 4.79 Å². The van der Waals surface area contributed by atoms with Crippen LogP contribution >= 0.6 is 0 Å². The summed E-state index contributed by atoms with van der Waals surface area (Å²) in [7, 11) is 1.99. The van der Waals surface area contributed by atoms with E-state index in [9.17, 15) is 4.79 Å².